The van der Waals surface area contributed by atoms with Gasteiger partial charge in [0.2, 0.25) is 0 Å². The van der Waals surface area contributed by atoms with Crippen LogP contribution in [0.3, 0.4) is 0 Å². The molecule has 0 fully saturated rings. The van der Waals surface area contributed by atoms with Gasteiger partial charge in [0.15, 0.2) is 0 Å². The highest BCUT2D eigenvalue weighted by molar-refractivity contribution is 7.86. The van der Waals surface area contributed by atoms with Gasteiger partial charge in [0.1, 0.15) is 11.9 Å². The van der Waals surface area contributed by atoms with Gasteiger partial charge in [-0.1, -0.05) is 71.6 Å². The molecular weight excluding hydrogens is 332 g/mol. The summed E-state index contributed by atoms with van der Waals surface area (Å²) in [6, 6.07) is 0. The Balaban J connectivity index is 3.47. The van der Waals surface area contributed by atoms with Gasteiger partial charge < -0.3 is 9.47 Å². The zero-order chi connectivity index (χ0) is 18.3. The number of unbranched alkanes of at least 4 members (excludes halogenated alkanes) is 9. The van der Waals surface area contributed by atoms with Crippen molar-refractivity contribution in [3.05, 3.63) is 0 Å². The van der Waals surface area contributed by atoms with Crippen molar-refractivity contribution in [3.63, 3.8) is 0 Å². The number of carbonyl (C=O) groups is 1. The summed E-state index contributed by atoms with van der Waals surface area (Å²) in [7, 11) is -4.19. The Labute approximate surface area is 147 Å². The summed E-state index contributed by atoms with van der Waals surface area (Å²) < 4.78 is 40.4. The maximum atomic E-state index is 11.3. The second kappa shape index (κ2) is 14.5. The molecule has 1 unspecified atom stereocenters. The van der Waals surface area contributed by atoms with E-state index >= 15 is 0 Å². The van der Waals surface area contributed by atoms with Crippen LogP contribution in [0.5, 0.6) is 0 Å². The van der Waals surface area contributed by atoms with Crippen LogP contribution in [-0.2, 0) is 19.6 Å². The molecule has 6 nitrogen and oxygen atoms in total. The molecule has 0 aromatic rings. The summed E-state index contributed by atoms with van der Waals surface area (Å²) >= 11 is 0. The average Bonchev–Trinajstić information content (AvgIpc) is 2.52. The number of ether oxygens (including phenoxy) is 2. The minimum absolute atomic E-state index is 0.171. The molecule has 24 heavy (non-hydrogen) atoms. The van der Waals surface area contributed by atoms with Gasteiger partial charge in [-0.05, 0) is 12.8 Å². The van der Waals surface area contributed by atoms with Crippen LogP contribution in [0, 0.1) is 0 Å². The van der Waals surface area contributed by atoms with Crippen molar-refractivity contribution in [2.75, 3.05) is 13.2 Å². The highest BCUT2D eigenvalue weighted by Gasteiger charge is 2.23. The van der Waals surface area contributed by atoms with Gasteiger partial charge >= 0.3 is 6.16 Å². The third-order valence-corrected chi connectivity index (χ3v) is 5.29. The van der Waals surface area contributed by atoms with Crippen LogP contribution in [0.1, 0.15) is 84.5 Å². The predicted octanol–water partition coefficient (Wildman–Crippen LogP) is 4.73. The average molecular weight is 367 g/mol. The van der Waals surface area contributed by atoms with E-state index in [4.69, 9.17) is 14.0 Å². The molecule has 0 bridgehead atoms. The van der Waals surface area contributed by atoms with Crippen molar-refractivity contribution in [2.24, 2.45) is 0 Å². The minimum Gasteiger partial charge on any atom is -0.434 e. The fourth-order valence-corrected chi connectivity index (χ4v) is 3.02. The quantitative estimate of drug-likeness (QED) is 0.256. The molecule has 0 aliphatic carbocycles. The van der Waals surface area contributed by atoms with E-state index in [0.717, 1.165) is 19.3 Å². The minimum atomic E-state index is -4.19. The summed E-state index contributed by atoms with van der Waals surface area (Å²) in [6.45, 7) is 3.70. The van der Waals surface area contributed by atoms with E-state index in [1.165, 1.54) is 44.9 Å². The molecule has 0 spiro atoms. The topological polar surface area (TPSA) is 89.9 Å². The van der Waals surface area contributed by atoms with Gasteiger partial charge in [0.25, 0.3) is 10.1 Å². The first-order valence-electron chi connectivity index (χ1n) is 9.17. The van der Waals surface area contributed by atoms with Crippen molar-refractivity contribution < 1.29 is 27.2 Å². The van der Waals surface area contributed by atoms with E-state index in [0.29, 0.717) is 0 Å². The molecule has 0 saturated heterocycles. The maximum Gasteiger partial charge on any atom is 0.508 e. The van der Waals surface area contributed by atoms with Gasteiger partial charge in [-0.3, -0.25) is 4.55 Å². The van der Waals surface area contributed by atoms with Crippen LogP contribution in [0.15, 0.2) is 0 Å². The summed E-state index contributed by atoms with van der Waals surface area (Å²) in [5.41, 5.74) is 0. The third kappa shape index (κ3) is 13.6. The lowest BCUT2D eigenvalue weighted by Crippen LogP contribution is -2.27. The Kier molecular flexibility index (Phi) is 14.0. The number of hydrogen-bond acceptors (Lipinski definition) is 5. The van der Waals surface area contributed by atoms with Crippen molar-refractivity contribution in [2.45, 2.75) is 89.7 Å². The monoisotopic (exact) mass is 366 g/mol. The van der Waals surface area contributed by atoms with Gasteiger partial charge in [-0.15, -0.1) is 0 Å². The Hall–Kier alpha value is -0.820. The Morgan fingerprint density at radius 3 is 1.83 bits per heavy atom. The molecule has 0 amide bonds. The molecule has 0 rings (SSSR count). The van der Waals surface area contributed by atoms with Gasteiger partial charge in [-0.25, -0.2) is 4.79 Å². The Morgan fingerprint density at radius 1 is 0.875 bits per heavy atom. The smallest absolute Gasteiger partial charge is 0.434 e. The SMILES string of the molecule is CCCCCCCCCCCCOC(=O)OCC(CC)S(=O)(=O)O. The lowest BCUT2D eigenvalue weighted by molar-refractivity contribution is 0.0535. The second-order valence-corrected chi connectivity index (χ2v) is 7.83. The fourth-order valence-electron chi connectivity index (χ4n) is 2.36. The van der Waals surface area contributed by atoms with Gasteiger partial charge in [0.05, 0.1) is 6.61 Å². The van der Waals surface area contributed by atoms with Crippen LogP contribution in [-0.4, -0.2) is 37.6 Å². The summed E-state index contributed by atoms with van der Waals surface area (Å²) in [5.74, 6) is 0. The number of rotatable bonds is 15. The molecule has 1 atom stereocenters. The molecule has 0 aliphatic heterocycles. The fraction of sp³-hybridized carbons (Fsp3) is 0.941. The van der Waals surface area contributed by atoms with Crippen LogP contribution in [0.4, 0.5) is 4.79 Å². The largest absolute Gasteiger partial charge is 0.508 e. The van der Waals surface area contributed by atoms with E-state index in [9.17, 15) is 13.2 Å². The van der Waals surface area contributed by atoms with Crippen molar-refractivity contribution >= 4 is 16.3 Å². The summed E-state index contributed by atoms with van der Waals surface area (Å²) in [5, 5.41) is -1.10. The Morgan fingerprint density at radius 2 is 1.38 bits per heavy atom. The standard InChI is InChI=1S/C17H34O6S/c1-3-5-6-7-8-9-10-11-12-13-14-22-17(18)23-15-16(4-2)24(19,20)21/h16H,3-15H2,1-2H3,(H,19,20,21). The molecular formula is C17H34O6S. The van der Waals surface area contributed by atoms with E-state index in [2.05, 4.69) is 6.92 Å². The molecule has 0 heterocycles. The number of hydrogen-bond donors (Lipinski definition) is 1. The first kappa shape index (κ1) is 23.2. The summed E-state index contributed by atoms with van der Waals surface area (Å²) in [4.78, 5) is 11.3. The molecule has 7 heteroatoms. The highest BCUT2D eigenvalue weighted by atomic mass is 32.2. The van der Waals surface area contributed by atoms with E-state index in [1.807, 2.05) is 0 Å². The lowest BCUT2D eigenvalue weighted by atomic mass is 10.1. The van der Waals surface area contributed by atoms with Gasteiger partial charge in [0, 0.05) is 0 Å². The van der Waals surface area contributed by atoms with Crippen LogP contribution >= 0.6 is 0 Å². The molecule has 144 valence electrons. The first-order valence-corrected chi connectivity index (χ1v) is 10.7. The van der Waals surface area contributed by atoms with Crippen molar-refractivity contribution in [1.29, 1.82) is 0 Å². The lowest BCUT2D eigenvalue weighted by Gasteiger charge is -2.11. The molecule has 0 aliphatic rings. The molecule has 1 N–H and O–H groups in total. The second-order valence-electron chi connectivity index (χ2n) is 6.14. The molecule has 0 saturated carbocycles. The maximum absolute atomic E-state index is 11.3. The van der Waals surface area contributed by atoms with Crippen molar-refractivity contribution in [3.8, 4) is 0 Å². The molecule has 0 aromatic carbocycles. The van der Waals surface area contributed by atoms with E-state index in [-0.39, 0.29) is 19.6 Å². The Bertz CT molecular complexity index is 407. The molecule has 0 aromatic heterocycles. The normalized spacial score (nSPS) is 12.8. The zero-order valence-corrected chi connectivity index (χ0v) is 16.0. The van der Waals surface area contributed by atoms with Gasteiger partial charge in [-0.2, -0.15) is 8.42 Å². The van der Waals surface area contributed by atoms with E-state index in [1.54, 1.807) is 6.92 Å². The first-order chi connectivity index (χ1) is 11.4. The van der Waals surface area contributed by atoms with Crippen LogP contribution < -0.4 is 0 Å². The number of carbonyl (C=O) groups excluding carboxylic acids is 1. The zero-order valence-electron chi connectivity index (χ0n) is 15.2. The third-order valence-electron chi connectivity index (χ3n) is 3.98. The van der Waals surface area contributed by atoms with E-state index < -0.39 is 21.5 Å². The van der Waals surface area contributed by atoms with Crippen LogP contribution in [0.25, 0.3) is 0 Å². The van der Waals surface area contributed by atoms with Crippen molar-refractivity contribution in [1.82, 2.24) is 0 Å². The predicted molar refractivity (Wildman–Crippen MR) is 94.8 cm³/mol. The summed E-state index contributed by atoms with van der Waals surface area (Å²) in [6.07, 6.45) is 11.2. The van der Waals surface area contributed by atoms with Crippen LogP contribution in [0.2, 0.25) is 0 Å². The molecule has 0 radical (unpaired) electrons. The highest BCUT2D eigenvalue weighted by Crippen LogP contribution is 2.10.